The molecule has 0 bridgehead atoms. The molecule has 0 unspecified atom stereocenters. The average Bonchev–Trinajstić information content (AvgIpc) is 2.72. The predicted molar refractivity (Wildman–Crippen MR) is 58.3 cm³/mol. The number of ether oxygens (including phenoxy) is 1. The van der Waals surface area contributed by atoms with Crippen molar-refractivity contribution in [2.24, 2.45) is 0 Å². The molecule has 1 aromatic rings. The molecule has 1 aliphatic heterocycles. The van der Waals surface area contributed by atoms with Crippen LogP contribution in [0.5, 0.6) is 0 Å². The van der Waals surface area contributed by atoms with Gasteiger partial charge >= 0.3 is 5.97 Å². The number of hydrogen-bond acceptors (Lipinski definition) is 5. The van der Waals surface area contributed by atoms with Crippen LogP contribution in [0.2, 0.25) is 0 Å². The van der Waals surface area contributed by atoms with E-state index in [9.17, 15) is 4.79 Å². The van der Waals surface area contributed by atoms with Gasteiger partial charge in [-0.25, -0.2) is 4.79 Å². The first-order valence-electron chi connectivity index (χ1n) is 4.62. The minimum Gasteiger partial charge on any atom is -0.465 e. The predicted octanol–water partition coefficient (Wildman–Crippen LogP) is 1.43. The van der Waals surface area contributed by atoms with E-state index in [1.165, 1.54) is 7.11 Å². The first-order valence-corrected chi connectivity index (χ1v) is 4.62. The van der Waals surface area contributed by atoms with Gasteiger partial charge in [0.25, 0.3) is 0 Å². The summed E-state index contributed by atoms with van der Waals surface area (Å²) in [7, 11) is 1.24. The van der Waals surface area contributed by atoms with Gasteiger partial charge in [0.05, 0.1) is 18.5 Å². The van der Waals surface area contributed by atoms with Crippen LogP contribution in [-0.2, 0) is 9.53 Å². The van der Waals surface area contributed by atoms with Crippen LogP contribution in [0.1, 0.15) is 0 Å². The Labute approximate surface area is 92.3 Å². The highest BCUT2D eigenvalue weighted by Crippen LogP contribution is 2.30. The van der Waals surface area contributed by atoms with E-state index in [0.29, 0.717) is 5.82 Å². The summed E-state index contributed by atoms with van der Waals surface area (Å²) in [6, 6.07) is 9.23. The van der Waals surface area contributed by atoms with E-state index in [1.807, 2.05) is 30.3 Å². The van der Waals surface area contributed by atoms with Crippen LogP contribution in [-0.4, -0.2) is 13.1 Å². The Morgan fingerprint density at radius 2 is 1.88 bits per heavy atom. The van der Waals surface area contributed by atoms with Gasteiger partial charge in [-0.1, -0.05) is 12.1 Å². The maximum Gasteiger partial charge on any atom is 0.352 e. The van der Waals surface area contributed by atoms with Gasteiger partial charge in [-0.3, -0.25) is 0 Å². The number of anilines is 2. The zero-order chi connectivity index (χ0) is 11.5. The molecule has 1 aromatic carbocycles. The van der Waals surface area contributed by atoms with E-state index in [-0.39, 0.29) is 5.57 Å². The van der Waals surface area contributed by atoms with E-state index < -0.39 is 5.97 Å². The molecular weight excluding hydrogens is 206 g/mol. The molecule has 2 N–H and O–H groups in total. The van der Waals surface area contributed by atoms with Crippen LogP contribution in [0.25, 0.3) is 0 Å². The van der Waals surface area contributed by atoms with E-state index in [0.717, 1.165) is 11.4 Å². The van der Waals surface area contributed by atoms with Gasteiger partial charge in [-0.2, -0.15) is 5.26 Å². The zero-order valence-electron chi connectivity index (χ0n) is 8.57. The van der Waals surface area contributed by atoms with Crippen molar-refractivity contribution in [3.63, 3.8) is 0 Å². The number of methoxy groups -OCH3 is 1. The number of para-hydroxylation sites is 2. The van der Waals surface area contributed by atoms with Crippen LogP contribution >= 0.6 is 0 Å². The molecule has 0 saturated carbocycles. The largest absolute Gasteiger partial charge is 0.465 e. The lowest BCUT2D eigenvalue weighted by atomic mass is 10.3. The third-order valence-corrected chi connectivity index (χ3v) is 2.20. The summed E-state index contributed by atoms with van der Waals surface area (Å²) in [4.78, 5) is 11.3. The second kappa shape index (κ2) is 3.95. The van der Waals surface area contributed by atoms with Crippen LogP contribution in [0.3, 0.4) is 0 Å². The summed E-state index contributed by atoms with van der Waals surface area (Å²) in [5.74, 6) is -0.305. The Hall–Kier alpha value is -2.48. The molecular formula is C11H9N3O2. The smallest absolute Gasteiger partial charge is 0.352 e. The maximum atomic E-state index is 11.3. The molecule has 0 aliphatic carbocycles. The Kier molecular flexibility index (Phi) is 2.48. The van der Waals surface area contributed by atoms with Crippen molar-refractivity contribution in [1.29, 1.82) is 5.26 Å². The third-order valence-electron chi connectivity index (χ3n) is 2.20. The van der Waals surface area contributed by atoms with E-state index in [4.69, 9.17) is 5.26 Å². The minimum atomic E-state index is -0.662. The number of nitrogens with zero attached hydrogens (tertiary/aromatic N) is 1. The van der Waals surface area contributed by atoms with Crippen LogP contribution in [0, 0.1) is 11.3 Å². The van der Waals surface area contributed by atoms with E-state index in [2.05, 4.69) is 15.4 Å². The van der Waals surface area contributed by atoms with Gasteiger partial charge in [0.1, 0.15) is 11.9 Å². The quantitative estimate of drug-likeness (QED) is 0.421. The molecule has 80 valence electrons. The van der Waals surface area contributed by atoms with Crippen molar-refractivity contribution < 1.29 is 9.53 Å². The maximum absolute atomic E-state index is 11.3. The molecule has 0 atom stereocenters. The Morgan fingerprint density at radius 1 is 1.31 bits per heavy atom. The number of nitrogens with one attached hydrogen (secondary N) is 2. The van der Waals surface area contributed by atoms with Gasteiger partial charge < -0.3 is 15.4 Å². The van der Waals surface area contributed by atoms with Crippen molar-refractivity contribution in [3.05, 3.63) is 35.7 Å². The first kappa shape index (κ1) is 10.1. The summed E-state index contributed by atoms with van der Waals surface area (Å²) in [5, 5.41) is 14.8. The number of carbonyl (C=O) groups excluding carboxylic acids is 1. The number of fused-ring (bicyclic) bond motifs is 1. The lowest BCUT2D eigenvalue weighted by Gasteiger charge is -2.02. The Bertz CT molecular complexity index is 487. The molecule has 2 rings (SSSR count). The van der Waals surface area contributed by atoms with Crippen molar-refractivity contribution in [2.45, 2.75) is 0 Å². The molecule has 0 amide bonds. The molecule has 16 heavy (non-hydrogen) atoms. The molecule has 5 heteroatoms. The molecule has 5 nitrogen and oxygen atoms in total. The number of benzene rings is 1. The Balaban J connectivity index is 2.38. The molecule has 1 aliphatic rings. The van der Waals surface area contributed by atoms with Gasteiger partial charge in [-0.15, -0.1) is 0 Å². The fourth-order valence-corrected chi connectivity index (χ4v) is 1.43. The van der Waals surface area contributed by atoms with Gasteiger partial charge in [0.15, 0.2) is 5.57 Å². The highest BCUT2D eigenvalue weighted by atomic mass is 16.5. The number of hydrogen-bond donors (Lipinski definition) is 2. The molecule has 1 heterocycles. The second-order valence-electron chi connectivity index (χ2n) is 3.15. The summed E-state index contributed by atoms with van der Waals surface area (Å²) in [5.41, 5.74) is 1.59. The second-order valence-corrected chi connectivity index (χ2v) is 3.15. The highest BCUT2D eigenvalue weighted by Gasteiger charge is 2.21. The molecule has 0 fully saturated rings. The lowest BCUT2D eigenvalue weighted by Crippen LogP contribution is -2.12. The van der Waals surface area contributed by atoms with Gasteiger partial charge in [0.2, 0.25) is 0 Å². The summed E-state index contributed by atoms with van der Waals surface area (Å²) >= 11 is 0. The van der Waals surface area contributed by atoms with Crippen molar-refractivity contribution >= 4 is 17.3 Å². The SMILES string of the molecule is COC(=O)C(C#N)=C1Nc2ccccc2N1. The summed E-state index contributed by atoms with van der Waals surface area (Å²) in [6.07, 6.45) is 0. The van der Waals surface area contributed by atoms with Crippen LogP contribution in [0.4, 0.5) is 11.4 Å². The average molecular weight is 215 g/mol. The van der Waals surface area contributed by atoms with Crippen LogP contribution < -0.4 is 10.6 Å². The fraction of sp³-hybridized carbons (Fsp3) is 0.0909. The topological polar surface area (TPSA) is 74.2 Å². The van der Waals surface area contributed by atoms with Crippen LogP contribution in [0.15, 0.2) is 35.7 Å². The minimum absolute atomic E-state index is 0.0706. The lowest BCUT2D eigenvalue weighted by molar-refractivity contribution is -0.135. The molecule has 0 aromatic heterocycles. The Morgan fingerprint density at radius 3 is 2.31 bits per heavy atom. The normalized spacial score (nSPS) is 11.9. The van der Waals surface area contributed by atoms with Crippen molar-refractivity contribution in [1.82, 2.24) is 0 Å². The monoisotopic (exact) mass is 215 g/mol. The highest BCUT2D eigenvalue weighted by molar-refractivity contribution is 5.96. The summed E-state index contributed by atoms with van der Waals surface area (Å²) < 4.78 is 4.52. The van der Waals surface area contributed by atoms with E-state index >= 15 is 0 Å². The van der Waals surface area contributed by atoms with Crippen molar-refractivity contribution in [3.8, 4) is 6.07 Å². The van der Waals surface area contributed by atoms with Gasteiger partial charge in [-0.05, 0) is 12.1 Å². The standard InChI is InChI=1S/C11H9N3O2/c1-16-11(15)7(6-12)10-13-8-4-2-3-5-9(8)14-10/h2-5,13-14H,1H3. The van der Waals surface area contributed by atoms with Gasteiger partial charge in [0, 0.05) is 0 Å². The number of carbonyl (C=O) groups is 1. The number of rotatable bonds is 1. The van der Waals surface area contributed by atoms with E-state index in [1.54, 1.807) is 0 Å². The third kappa shape index (κ3) is 1.57. The molecule has 0 radical (unpaired) electrons. The number of esters is 1. The molecule has 0 spiro atoms. The fourth-order valence-electron chi connectivity index (χ4n) is 1.43. The zero-order valence-corrected chi connectivity index (χ0v) is 8.57. The number of nitriles is 1. The molecule has 0 saturated heterocycles. The summed E-state index contributed by atoms with van der Waals surface area (Å²) in [6.45, 7) is 0. The first-order chi connectivity index (χ1) is 7.76. The van der Waals surface area contributed by atoms with Crippen molar-refractivity contribution in [2.75, 3.05) is 17.7 Å².